The molecule has 0 amide bonds. The average molecular weight is 363 g/mol. The van der Waals surface area contributed by atoms with Gasteiger partial charge in [0.05, 0.1) is 6.42 Å². The van der Waals surface area contributed by atoms with Gasteiger partial charge in [-0.3, -0.25) is 9.78 Å². The van der Waals surface area contributed by atoms with Gasteiger partial charge < -0.3 is 15.7 Å². The lowest BCUT2D eigenvalue weighted by atomic mass is 10.1. The van der Waals surface area contributed by atoms with Gasteiger partial charge in [-0.15, -0.1) is 0 Å². The number of nitrogens with one attached hydrogen (secondary N) is 2. The van der Waals surface area contributed by atoms with Gasteiger partial charge in [0.25, 0.3) is 0 Å². The molecule has 0 fully saturated rings. The van der Waals surface area contributed by atoms with Gasteiger partial charge in [0, 0.05) is 25.4 Å². The molecule has 27 heavy (non-hydrogen) atoms. The van der Waals surface area contributed by atoms with Gasteiger partial charge in [-0.1, -0.05) is 30.3 Å². The Bertz CT molecular complexity index is 915. The Morgan fingerprint density at radius 1 is 1.04 bits per heavy atom. The van der Waals surface area contributed by atoms with Crippen LogP contribution in [0.25, 0.3) is 11.5 Å². The molecule has 1 aromatic carbocycles. The number of carbonyl (C=O) groups is 1. The first kappa shape index (κ1) is 18.3. The minimum atomic E-state index is -0.862. The second kappa shape index (κ2) is 8.75. The molecule has 0 aliphatic carbocycles. The van der Waals surface area contributed by atoms with Gasteiger partial charge in [-0.2, -0.15) is 0 Å². The van der Waals surface area contributed by atoms with Crippen molar-refractivity contribution in [2.45, 2.75) is 19.9 Å². The first-order valence-electron chi connectivity index (χ1n) is 8.66. The lowest BCUT2D eigenvalue weighted by Crippen LogP contribution is -2.11. The lowest BCUT2D eigenvalue weighted by molar-refractivity contribution is -0.136. The number of carboxylic acid groups (broad SMARTS) is 1. The third-order valence-electron chi connectivity index (χ3n) is 3.99. The summed E-state index contributed by atoms with van der Waals surface area (Å²) in [7, 11) is 0. The van der Waals surface area contributed by atoms with E-state index in [0.29, 0.717) is 29.7 Å². The molecular weight excluding hydrogens is 342 g/mol. The highest BCUT2D eigenvalue weighted by Crippen LogP contribution is 2.19. The molecule has 0 aliphatic rings. The zero-order valence-corrected chi connectivity index (χ0v) is 15.0. The van der Waals surface area contributed by atoms with E-state index in [-0.39, 0.29) is 13.0 Å². The van der Waals surface area contributed by atoms with E-state index in [1.54, 1.807) is 12.3 Å². The second-order valence-electron chi connectivity index (χ2n) is 6.03. The summed E-state index contributed by atoms with van der Waals surface area (Å²) < 4.78 is 0. The van der Waals surface area contributed by atoms with Crippen LogP contribution in [0.3, 0.4) is 0 Å². The molecule has 7 heteroatoms. The molecule has 2 aromatic heterocycles. The molecule has 0 unspecified atom stereocenters. The molecule has 0 saturated carbocycles. The van der Waals surface area contributed by atoms with E-state index in [2.05, 4.69) is 44.6 Å². The monoisotopic (exact) mass is 363 g/mol. The second-order valence-corrected chi connectivity index (χ2v) is 6.03. The van der Waals surface area contributed by atoms with Gasteiger partial charge in [0.2, 0.25) is 0 Å². The van der Waals surface area contributed by atoms with Crippen LogP contribution < -0.4 is 10.6 Å². The Morgan fingerprint density at radius 3 is 2.48 bits per heavy atom. The maximum Gasteiger partial charge on any atom is 0.305 e. The lowest BCUT2D eigenvalue weighted by Gasteiger charge is -2.12. The van der Waals surface area contributed by atoms with Gasteiger partial charge >= 0.3 is 5.97 Å². The van der Waals surface area contributed by atoms with Gasteiger partial charge in [-0.05, 0) is 30.2 Å². The zero-order valence-electron chi connectivity index (χ0n) is 15.0. The number of aryl methyl sites for hydroxylation is 1. The van der Waals surface area contributed by atoms with Crippen LogP contribution in [0, 0.1) is 6.92 Å². The van der Waals surface area contributed by atoms with E-state index < -0.39 is 5.97 Å². The van der Waals surface area contributed by atoms with Crippen LogP contribution in [0.15, 0.2) is 54.7 Å². The first-order valence-corrected chi connectivity index (χ1v) is 8.66. The highest BCUT2D eigenvalue weighted by molar-refractivity contribution is 5.67. The minimum absolute atomic E-state index is 0.00882. The maximum atomic E-state index is 10.7. The number of hydrogen-bond acceptors (Lipinski definition) is 6. The van der Waals surface area contributed by atoms with E-state index in [4.69, 9.17) is 5.11 Å². The number of pyridine rings is 1. The van der Waals surface area contributed by atoms with Gasteiger partial charge in [0.1, 0.15) is 17.3 Å². The highest BCUT2D eigenvalue weighted by Gasteiger charge is 2.09. The van der Waals surface area contributed by atoms with E-state index in [9.17, 15) is 4.79 Å². The third kappa shape index (κ3) is 5.24. The number of rotatable bonds is 8. The number of carboxylic acids is 1. The smallest absolute Gasteiger partial charge is 0.305 e. The SMILES string of the molecule is Cc1ccccc1CNc1cc(NCCC(=O)O)nc(-c2ccccn2)n1. The first-order chi connectivity index (χ1) is 13.1. The molecule has 0 atom stereocenters. The van der Waals surface area contributed by atoms with Crippen LogP contribution in [0.2, 0.25) is 0 Å². The summed E-state index contributed by atoms with van der Waals surface area (Å²) in [5.74, 6) is 0.813. The quantitative estimate of drug-likeness (QED) is 0.564. The third-order valence-corrected chi connectivity index (χ3v) is 3.99. The molecule has 138 valence electrons. The number of benzene rings is 1. The fourth-order valence-corrected chi connectivity index (χ4v) is 2.53. The summed E-state index contributed by atoms with van der Waals surface area (Å²) in [6, 6.07) is 15.4. The van der Waals surface area contributed by atoms with Crippen molar-refractivity contribution in [2.24, 2.45) is 0 Å². The van der Waals surface area contributed by atoms with E-state index in [0.717, 1.165) is 0 Å². The Kier molecular flexibility index (Phi) is 5.94. The molecule has 7 nitrogen and oxygen atoms in total. The zero-order chi connectivity index (χ0) is 19.1. The topological polar surface area (TPSA) is 100 Å². The summed E-state index contributed by atoms with van der Waals surface area (Å²) >= 11 is 0. The van der Waals surface area contributed by atoms with Crippen LogP contribution in [0.5, 0.6) is 0 Å². The van der Waals surface area contributed by atoms with Crippen molar-refractivity contribution in [3.05, 3.63) is 65.9 Å². The number of nitrogens with zero attached hydrogens (tertiary/aromatic N) is 3. The van der Waals surface area contributed by atoms with Crippen LogP contribution in [-0.4, -0.2) is 32.6 Å². The summed E-state index contributed by atoms with van der Waals surface area (Å²) in [4.78, 5) is 24.0. The maximum absolute atomic E-state index is 10.7. The van der Waals surface area contributed by atoms with Crippen molar-refractivity contribution < 1.29 is 9.90 Å². The van der Waals surface area contributed by atoms with E-state index in [1.165, 1.54) is 11.1 Å². The molecule has 0 spiro atoms. The van der Waals surface area contributed by atoms with Crippen molar-refractivity contribution in [1.82, 2.24) is 15.0 Å². The Hall–Kier alpha value is -3.48. The normalized spacial score (nSPS) is 10.4. The Labute approximate surface area is 157 Å². The molecule has 0 radical (unpaired) electrons. The molecule has 3 aromatic rings. The summed E-state index contributed by atoms with van der Waals surface area (Å²) in [6.45, 7) is 2.97. The Balaban J connectivity index is 1.82. The Morgan fingerprint density at radius 2 is 1.78 bits per heavy atom. The standard InChI is InChI=1S/C20H21N5O2/c1-14-6-2-3-7-15(14)13-23-18-12-17(22-11-9-19(26)27)24-20(25-18)16-8-4-5-10-21-16/h2-8,10,12H,9,11,13H2,1H3,(H,26,27)(H2,22,23,24,25). The molecule has 0 saturated heterocycles. The van der Waals surface area contributed by atoms with Crippen molar-refractivity contribution in [3.63, 3.8) is 0 Å². The van der Waals surface area contributed by atoms with Crippen molar-refractivity contribution in [3.8, 4) is 11.5 Å². The summed E-state index contributed by atoms with van der Waals surface area (Å²) in [6.07, 6.45) is 1.69. The number of aromatic nitrogens is 3. The molecule has 2 heterocycles. The highest BCUT2D eigenvalue weighted by atomic mass is 16.4. The number of anilines is 2. The van der Waals surface area contributed by atoms with Gasteiger partial charge in [0.15, 0.2) is 5.82 Å². The fraction of sp³-hybridized carbons (Fsp3) is 0.200. The number of hydrogen-bond donors (Lipinski definition) is 3. The molecule has 0 aliphatic heterocycles. The predicted octanol–water partition coefficient (Wildman–Crippen LogP) is 3.35. The average Bonchev–Trinajstić information content (AvgIpc) is 2.68. The molecule has 3 N–H and O–H groups in total. The van der Waals surface area contributed by atoms with Crippen molar-refractivity contribution >= 4 is 17.6 Å². The largest absolute Gasteiger partial charge is 0.481 e. The van der Waals surface area contributed by atoms with E-state index in [1.807, 2.05) is 30.3 Å². The molecule has 0 bridgehead atoms. The number of aliphatic carboxylic acids is 1. The summed E-state index contributed by atoms with van der Waals surface area (Å²) in [5.41, 5.74) is 3.03. The van der Waals surface area contributed by atoms with Crippen LogP contribution in [0.1, 0.15) is 17.5 Å². The van der Waals surface area contributed by atoms with Gasteiger partial charge in [-0.25, -0.2) is 9.97 Å². The molecule has 3 rings (SSSR count). The van der Waals surface area contributed by atoms with Crippen LogP contribution in [0.4, 0.5) is 11.6 Å². The van der Waals surface area contributed by atoms with Crippen molar-refractivity contribution in [1.29, 1.82) is 0 Å². The minimum Gasteiger partial charge on any atom is -0.481 e. The predicted molar refractivity (Wildman–Crippen MR) is 105 cm³/mol. The molecular formula is C20H21N5O2. The van der Waals surface area contributed by atoms with Crippen LogP contribution in [-0.2, 0) is 11.3 Å². The van der Waals surface area contributed by atoms with E-state index >= 15 is 0 Å². The van der Waals surface area contributed by atoms with Crippen molar-refractivity contribution in [2.75, 3.05) is 17.2 Å². The van der Waals surface area contributed by atoms with Crippen LogP contribution >= 0.6 is 0 Å². The fourth-order valence-electron chi connectivity index (χ4n) is 2.53. The summed E-state index contributed by atoms with van der Waals surface area (Å²) in [5, 5.41) is 15.2.